The minimum atomic E-state index is -0.213. The topological polar surface area (TPSA) is 55.1 Å². The molecule has 0 aliphatic heterocycles. The lowest BCUT2D eigenvalue weighted by Gasteiger charge is -2.05. The number of aromatic nitrogens is 1. The van der Waals surface area contributed by atoms with Gasteiger partial charge in [0.05, 0.1) is 0 Å². The predicted molar refractivity (Wildman–Crippen MR) is 78.2 cm³/mol. The van der Waals surface area contributed by atoms with Crippen LogP contribution < -0.4 is 5.32 Å². The van der Waals surface area contributed by atoms with E-state index in [-0.39, 0.29) is 5.91 Å². The van der Waals surface area contributed by atoms with E-state index in [0.29, 0.717) is 33.3 Å². The van der Waals surface area contributed by atoms with Crippen molar-refractivity contribution >= 4 is 34.3 Å². The Balaban J connectivity index is 1.88. The molecule has 0 radical (unpaired) electrons. The second-order valence-electron chi connectivity index (χ2n) is 4.38. The zero-order chi connectivity index (χ0) is 14.1. The Morgan fingerprint density at radius 3 is 2.90 bits per heavy atom. The van der Waals surface area contributed by atoms with Gasteiger partial charge in [0.2, 0.25) is 0 Å². The molecule has 3 rings (SSSR count). The van der Waals surface area contributed by atoms with E-state index in [0.717, 1.165) is 0 Å². The van der Waals surface area contributed by atoms with Gasteiger partial charge in [-0.1, -0.05) is 17.7 Å². The van der Waals surface area contributed by atoms with Gasteiger partial charge in [-0.2, -0.15) is 0 Å². The summed E-state index contributed by atoms with van der Waals surface area (Å²) in [7, 11) is 0. The predicted octanol–water partition coefficient (Wildman–Crippen LogP) is 4.04. The molecular formula is C15H11ClN2O2. The Morgan fingerprint density at radius 1 is 1.25 bits per heavy atom. The molecule has 1 amide bonds. The summed E-state index contributed by atoms with van der Waals surface area (Å²) in [6.07, 6.45) is 0. The number of halogens is 1. The number of carbonyl (C=O) groups excluding carboxylic acids is 1. The van der Waals surface area contributed by atoms with E-state index < -0.39 is 0 Å². The highest BCUT2D eigenvalue weighted by molar-refractivity contribution is 6.31. The molecular weight excluding hydrogens is 276 g/mol. The molecule has 0 bridgehead atoms. The second kappa shape index (κ2) is 4.98. The van der Waals surface area contributed by atoms with E-state index in [9.17, 15) is 4.79 Å². The molecule has 0 atom stereocenters. The number of fused-ring (bicyclic) bond motifs is 1. The van der Waals surface area contributed by atoms with Gasteiger partial charge in [-0.25, -0.2) is 4.98 Å². The maximum atomic E-state index is 12.2. The van der Waals surface area contributed by atoms with Crippen LogP contribution in [0.5, 0.6) is 0 Å². The van der Waals surface area contributed by atoms with Crippen molar-refractivity contribution in [1.82, 2.24) is 4.98 Å². The molecule has 0 saturated heterocycles. The average molecular weight is 287 g/mol. The molecule has 0 aliphatic carbocycles. The number of anilines is 1. The Hall–Kier alpha value is -2.33. The Morgan fingerprint density at radius 2 is 2.10 bits per heavy atom. The molecule has 0 spiro atoms. The monoisotopic (exact) mass is 286 g/mol. The number of nitrogens with zero attached hydrogens (tertiary/aromatic N) is 1. The second-order valence-corrected chi connectivity index (χ2v) is 4.82. The van der Waals surface area contributed by atoms with Crippen molar-refractivity contribution in [3.05, 3.63) is 58.9 Å². The Bertz CT molecular complexity index is 795. The number of benzene rings is 2. The summed E-state index contributed by atoms with van der Waals surface area (Å²) >= 11 is 5.88. The number of nitrogens with one attached hydrogen (secondary N) is 1. The normalized spacial score (nSPS) is 10.7. The van der Waals surface area contributed by atoms with Crippen LogP contribution in [-0.4, -0.2) is 10.9 Å². The van der Waals surface area contributed by atoms with Crippen LogP contribution in [0.3, 0.4) is 0 Å². The molecule has 3 aromatic rings. The number of rotatable bonds is 2. The summed E-state index contributed by atoms with van der Waals surface area (Å²) in [5, 5.41) is 3.36. The van der Waals surface area contributed by atoms with Crippen LogP contribution in [0.1, 0.15) is 16.2 Å². The number of hydrogen-bond acceptors (Lipinski definition) is 3. The Labute approximate surface area is 120 Å². The number of aryl methyl sites for hydroxylation is 1. The maximum absolute atomic E-state index is 12.2. The van der Waals surface area contributed by atoms with Gasteiger partial charge in [-0.05, 0) is 36.4 Å². The zero-order valence-corrected chi connectivity index (χ0v) is 11.4. The van der Waals surface area contributed by atoms with E-state index >= 15 is 0 Å². The van der Waals surface area contributed by atoms with Crippen molar-refractivity contribution in [2.45, 2.75) is 6.92 Å². The fourth-order valence-electron chi connectivity index (χ4n) is 1.95. The van der Waals surface area contributed by atoms with E-state index in [4.69, 9.17) is 16.0 Å². The SMILES string of the molecule is Cc1nc2cc(C(=O)Nc3cccc(Cl)c3)ccc2o1. The van der Waals surface area contributed by atoms with Gasteiger partial charge in [0.25, 0.3) is 5.91 Å². The molecule has 2 aromatic carbocycles. The van der Waals surface area contributed by atoms with E-state index in [2.05, 4.69) is 10.3 Å². The first-order valence-corrected chi connectivity index (χ1v) is 6.44. The molecule has 0 fully saturated rings. The third-order valence-corrected chi connectivity index (χ3v) is 3.07. The summed E-state index contributed by atoms with van der Waals surface area (Å²) in [5.74, 6) is 0.363. The van der Waals surface area contributed by atoms with Gasteiger partial charge in [0.1, 0.15) is 5.52 Å². The van der Waals surface area contributed by atoms with Crippen molar-refractivity contribution in [3.63, 3.8) is 0 Å². The zero-order valence-electron chi connectivity index (χ0n) is 10.7. The standard InChI is InChI=1S/C15H11ClN2O2/c1-9-17-13-7-10(5-6-14(13)20-9)15(19)18-12-4-2-3-11(16)8-12/h2-8H,1H3,(H,18,19). The number of amides is 1. The first kappa shape index (κ1) is 12.7. The lowest BCUT2D eigenvalue weighted by molar-refractivity contribution is 0.102. The quantitative estimate of drug-likeness (QED) is 0.773. The van der Waals surface area contributed by atoms with Gasteiger partial charge >= 0.3 is 0 Å². The van der Waals surface area contributed by atoms with Gasteiger partial charge in [-0.15, -0.1) is 0 Å². The largest absolute Gasteiger partial charge is 0.441 e. The minimum Gasteiger partial charge on any atom is -0.441 e. The highest BCUT2D eigenvalue weighted by Crippen LogP contribution is 2.19. The number of carbonyl (C=O) groups is 1. The molecule has 4 nitrogen and oxygen atoms in total. The summed E-state index contributed by atoms with van der Waals surface area (Å²) < 4.78 is 5.38. The van der Waals surface area contributed by atoms with Crippen molar-refractivity contribution in [3.8, 4) is 0 Å². The van der Waals surface area contributed by atoms with Crippen molar-refractivity contribution in [2.24, 2.45) is 0 Å². The van der Waals surface area contributed by atoms with Crippen LogP contribution in [0, 0.1) is 6.92 Å². The fourth-order valence-corrected chi connectivity index (χ4v) is 2.14. The van der Waals surface area contributed by atoms with Gasteiger partial charge in [0, 0.05) is 23.2 Å². The average Bonchev–Trinajstić information content (AvgIpc) is 2.77. The van der Waals surface area contributed by atoms with Crippen molar-refractivity contribution in [2.75, 3.05) is 5.32 Å². The summed E-state index contributed by atoms with van der Waals surface area (Å²) in [6, 6.07) is 12.1. The minimum absolute atomic E-state index is 0.213. The summed E-state index contributed by atoms with van der Waals surface area (Å²) in [4.78, 5) is 16.4. The van der Waals surface area contributed by atoms with Crippen LogP contribution >= 0.6 is 11.6 Å². The van der Waals surface area contributed by atoms with Crippen molar-refractivity contribution < 1.29 is 9.21 Å². The first-order valence-electron chi connectivity index (χ1n) is 6.06. The van der Waals surface area contributed by atoms with Crippen molar-refractivity contribution in [1.29, 1.82) is 0 Å². The lowest BCUT2D eigenvalue weighted by Crippen LogP contribution is -2.11. The first-order chi connectivity index (χ1) is 9.61. The van der Waals surface area contributed by atoms with E-state index in [1.54, 1.807) is 49.4 Å². The molecule has 1 N–H and O–H groups in total. The third kappa shape index (κ3) is 2.51. The van der Waals surface area contributed by atoms with Crippen LogP contribution in [0.4, 0.5) is 5.69 Å². The summed E-state index contributed by atoms with van der Waals surface area (Å²) in [6.45, 7) is 1.77. The molecule has 100 valence electrons. The smallest absolute Gasteiger partial charge is 0.255 e. The molecule has 0 aliphatic rings. The molecule has 0 saturated carbocycles. The van der Waals surface area contributed by atoms with Crippen LogP contribution in [-0.2, 0) is 0 Å². The van der Waals surface area contributed by atoms with E-state index in [1.165, 1.54) is 0 Å². The molecule has 20 heavy (non-hydrogen) atoms. The molecule has 0 unspecified atom stereocenters. The summed E-state index contributed by atoms with van der Waals surface area (Å²) in [5.41, 5.74) is 2.51. The van der Waals surface area contributed by atoms with Crippen LogP contribution in [0.25, 0.3) is 11.1 Å². The number of oxazole rings is 1. The highest BCUT2D eigenvalue weighted by Gasteiger charge is 2.09. The number of hydrogen-bond donors (Lipinski definition) is 1. The Kier molecular flexibility index (Phi) is 3.16. The van der Waals surface area contributed by atoms with Crippen LogP contribution in [0.15, 0.2) is 46.9 Å². The van der Waals surface area contributed by atoms with Gasteiger partial charge < -0.3 is 9.73 Å². The fraction of sp³-hybridized carbons (Fsp3) is 0.0667. The lowest BCUT2D eigenvalue weighted by atomic mass is 10.2. The van der Waals surface area contributed by atoms with Gasteiger partial charge in [-0.3, -0.25) is 4.79 Å². The molecule has 1 heterocycles. The highest BCUT2D eigenvalue weighted by atomic mass is 35.5. The van der Waals surface area contributed by atoms with E-state index in [1.807, 2.05) is 0 Å². The molecule has 1 aromatic heterocycles. The van der Waals surface area contributed by atoms with Gasteiger partial charge in [0.15, 0.2) is 11.5 Å². The maximum Gasteiger partial charge on any atom is 0.255 e. The third-order valence-electron chi connectivity index (χ3n) is 2.84. The molecule has 5 heteroatoms. The van der Waals surface area contributed by atoms with Crippen LogP contribution in [0.2, 0.25) is 5.02 Å².